The molecule has 7 nitrogen and oxygen atoms in total. The number of ether oxygens (including phenoxy) is 1. The highest BCUT2D eigenvalue weighted by atomic mass is 32.2. The maximum atomic E-state index is 12.3. The summed E-state index contributed by atoms with van der Waals surface area (Å²) in [6.45, 7) is 1.28. The van der Waals surface area contributed by atoms with Crippen molar-refractivity contribution in [3.05, 3.63) is 76.2 Å². The van der Waals surface area contributed by atoms with Crippen molar-refractivity contribution in [2.75, 3.05) is 11.9 Å². The minimum absolute atomic E-state index is 0.0760. The largest absolute Gasteiger partial charge is 0.376 e. The molecule has 0 aliphatic carbocycles. The molecule has 1 saturated heterocycles. The second kappa shape index (κ2) is 9.11. The second-order valence-electron chi connectivity index (χ2n) is 6.86. The molecule has 2 N–H and O–H groups in total. The number of para-hydroxylation sites is 1. The zero-order chi connectivity index (χ0) is 20.1. The van der Waals surface area contributed by atoms with E-state index in [-0.39, 0.29) is 17.7 Å². The van der Waals surface area contributed by atoms with Crippen molar-refractivity contribution in [3.8, 4) is 0 Å². The topological polar surface area (TPSA) is 89.0 Å². The third-order valence-electron chi connectivity index (χ3n) is 4.75. The zero-order valence-corrected chi connectivity index (χ0v) is 16.7. The average molecular weight is 410 g/mol. The number of anilines is 1. The number of amides is 1. The summed E-state index contributed by atoms with van der Waals surface area (Å²) in [6.07, 6.45) is 2.07. The lowest BCUT2D eigenvalue weighted by Gasteiger charge is -2.11. The van der Waals surface area contributed by atoms with E-state index in [1.807, 2.05) is 42.5 Å². The first kappa shape index (κ1) is 19.5. The third kappa shape index (κ3) is 4.96. The molecule has 3 aromatic rings. The molecule has 29 heavy (non-hydrogen) atoms. The van der Waals surface area contributed by atoms with Crippen LogP contribution in [0.25, 0.3) is 0 Å². The van der Waals surface area contributed by atoms with Crippen LogP contribution >= 0.6 is 11.8 Å². The van der Waals surface area contributed by atoms with Crippen LogP contribution < -0.4 is 11.0 Å². The van der Waals surface area contributed by atoms with Gasteiger partial charge in [-0.25, -0.2) is 9.89 Å². The van der Waals surface area contributed by atoms with Crippen LogP contribution in [0.2, 0.25) is 0 Å². The molecule has 1 unspecified atom stereocenters. The van der Waals surface area contributed by atoms with Gasteiger partial charge in [0, 0.05) is 23.6 Å². The normalized spacial score (nSPS) is 16.1. The Morgan fingerprint density at radius 3 is 2.72 bits per heavy atom. The fraction of sp³-hybridized carbons (Fsp3) is 0.286. The molecule has 2 aromatic carbocycles. The van der Waals surface area contributed by atoms with Gasteiger partial charge in [-0.15, -0.1) is 5.10 Å². The van der Waals surface area contributed by atoms with E-state index in [0.29, 0.717) is 23.0 Å². The molecule has 1 aliphatic rings. The minimum Gasteiger partial charge on any atom is -0.376 e. The fourth-order valence-electron chi connectivity index (χ4n) is 3.19. The first-order valence-electron chi connectivity index (χ1n) is 9.54. The SMILES string of the molecule is O=C(Nc1ccccc1)c1ccc(CSc2n[nH]c(=O)n2CC2CCCO2)cc1. The molecule has 1 aromatic heterocycles. The van der Waals surface area contributed by atoms with E-state index >= 15 is 0 Å². The summed E-state index contributed by atoms with van der Waals surface area (Å²) in [4.78, 5) is 24.4. The Labute approximate surface area is 172 Å². The molecule has 0 spiro atoms. The lowest BCUT2D eigenvalue weighted by Crippen LogP contribution is -2.24. The van der Waals surface area contributed by atoms with Crippen LogP contribution in [-0.2, 0) is 17.0 Å². The quantitative estimate of drug-likeness (QED) is 0.584. The van der Waals surface area contributed by atoms with E-state index in [4.69, 9.17) is 4.74 Å². The van der Waals surface area contributed by atoms with Crippen molar-refractivity contribution in [3.63, 3.8) is 0 Å². The standard InChI is InChI=1S/C21H22N4O3S/c26-19(22-17-5-2-1-3-6-17)16-10-8-15(9-11-16)14-29-21-24-23-20(27)25(21)13-18-7-4-12-28-18/h1-3,5-6,8-11,18H,4,7,12-14H2,(H,22,26)(H,23,27). The highest BCUT2D eigenvalue weighted by Crippen LogP contribution is 2.22. The molecule has 8 heteroatoms. The number of thioether (sulfide) groups is 1. The number of aromatic amines is 1. The first-order chi connectivity index (χ1) is 14.2. The molecular formula is C21H22N4O3S. The molecule has 2 heterocycles. The van der Waals surface area contributed by atoms with Crippen LogP contribution in [0.15, 0.2) is 64.5 Å². The summed E-state index contributed by atoms with van der Waals surface area (Å²) in [5.41, 5.74) is 2.19. The molecule has 0 radical (unpaired) electrons. The highest BCUT2D eigenvalue weighted by molar-refractivity contribution is 7.98. The number of carbonyl (C=O) groups is 1. The number of rotatable bonds is 7. The summed E-state index contributed by atoms with van der Waals surface area (Å²) in [5, 5.41) is 10.2. The Balaban J connectivity index is 1.36. The number of benzene rings is 2. The number of aromatic nitrogens is 3. The summed E-state index contributed by atoms with van der Waals surface area (Å²) >= 11 is 1.49. The predicted octanol–water partition coefficient (Wildman–Crippen LogP) is 3.30. The smallest absolute Gasteiger partial charge is 0.344 e. The fourth-order valence-corrected chi connectivity index (χ4v) is 4.10. The van der Waals surface area contributed by atoms with Crippen LogP contribution in [0.5, 0.6) is 0 Å². The van der Waals surface area contributed by atoms with Gasteiger partial charge in [0.05, 0.1) is 12.6 Å². The molecule has 1 amide bonds. The molecule has 1 aliphatic heterocycles. The summed E-state index contributed by atoms with van der Waals surface area (Å²) < 4.78 is 7.27. The van der Waals surface area contributed by atoms with Crippen LogP contribution in [0.4, 0.5) is 5.69 Å². The van der Waals surface area contributed by atoms with Gasteiger partial charge in [0.2, 0.25) is 0 Å². The minimum atomic E-state index is -0.212. The number of carbonyl (C=O) groups excluding carboxylic acids is 1. The van der Waals surface area contributed by atoms with Gasteiger partial charge < -0.3 is 10.1 Å². The van der Waals surface area contributed by atoms with E-state index in [1.54, 1.807) is 16.7 Å². The average Bonchev–Trinajstić information content (AvgIpc) is 3.38. The lowest BCUT2D eigenvalue weighted by molar-refractivity contribution is 0.0941. The Morgan fingerprint density at radius 2 is 2.00 bits per heavy atom. The van der Waals surface area contributed by atoms with Gasteiger partial charge in [0.25, 0.3) is 5.91 Å². The summed E-state index contributed by atoms with van der Waals surface area (Å²) in [7, 11) is 0. The van der Waals surface area contributed by atoms with Gasteiger partial charge in [-0.2, -0.15) is 0 Å². The monoisotopic (exact) mass is 410 g/mol. The number of hydrogen-bond donors (Lipinski definition) is 2. The second-order valence-corrected chi connectivity index (χ2v) is 7.81. The molecule has 0 saturated carbocycles. The maximum Gasteiger partial charge on any atom is 0.344 e. The van der Waals surface area contributed by atoms with Crippen LogP contribution in [-0.4, -0.2) is 33.4 Å². The molecule has 4 rings (SSSR count). The van der Waals surface area contributed by atoms with E-state index in [9.17, 15) is 9.59 Å². The first-order valence-corrected chi connectivity index (χ1v) is 10.5. The highest BCUT2D eigenvalue weighted by Gasteiger charge is 2.19. The van der Waals surface area contributed by atoms with Crippen LogP contribution in [0, 0.1) is 0 Å². The van der Waals surface area contributed by atoms with Gasteiger partial charge in [0.15, 0.2) is 5.16 Å². The molecule has 1 atom stereocenters. The summed E-state index contributed by atoms with van der Waals surface area (Å²) in [6, 6.07) is 16.8. The van der Waals surface area contributed by atoms with Crippen LogP contribution in [0.3, 0.4) is 0 Å². The number of nitrogens with one attached hydrogen (secondary N) is 2. The van der Waals surface area contributed by atoms with Crippen molar-refractivity contribution >= 4 is 23.4 Å². The predicted molar refractivity (Wildman–Crippen MR) is 112 cm³/mol. The lowest BCUT2D eigenvalue weighted by atomic mass is 10.1. The van der Waals surface area contributed by atoms with E-state index < -0.39 is 0 Å². The van der Waals surface area contributed by atoms with Crippen molar-refractivity contribution in [1.82, 2.24) is 14.8 Å². The Hall–Kier alpha value is -2.84. The van der Waals surface area contributed by atoms with Gasteiger partial charge in [-0.1, -0.05) is 42.1 Å². The Morgan fingerprint density at radius 1 is 1.21 bits per heavy atom. The number of hydrogen-bond acceptors (Lipinski definition) is 5. The van der Waals surface area contributed by atoms with Crippen LogP contribution in [0.1, 0.15) is 28.8 Å². The maximum absolute atomic E-state index is 12.3. The number of nitrogens with zero attached hydrogens (tertiary/aromatic N) is 2. The Kier molecular flexibility index (Phi) is 6.12. The van der Waals surface area contributed by atoms with Crippen molar-refractivity contribution in [2.24, 2.45) is 0 Å². The summed E-state index contributed by atoms with van der Waals surface area (Å²) in [5.74, 6) is 0.504. The van der Waals surface area contributed by atoms with Gasteiger partial charge in [0.1, 0.15) is 0 Å². The van der Waals surface area contributed by atoms with E-state index in [2.05, 4.69) is 15.5 Å². The van der Waals surface area contributed by atoms with Gasteiger partial charge in [-0.3, -0.25) is 9.36 Å². The molecular weight excluding hydrogens is 388 g/mol. The Bertz CT molecular complexity index is 1010. The van der Waals surface area contributed by atoms with Crippen molar-refractivity contribution < 1.29 is 9.53 Å². The number of H-pyrrole nitrogens is 1. The zero-order valence-electron chi connectivity index (χ0n) is 15.8. The third-order valence-corrected chi connectivity index (χ3v) is 5.80. The van der Waals surface area contributed by atoms with E-state index in [1.165, 1.54) is 11.8 Å². The molecule has 1 fully saturated rings. The molecule has 0 bridgehead atoms. The van der Waals surface area contributed by atoms with Gasteiger partial charge >= 0.3 is 5.69 Å². The van der Waals surface area contributed by atoms with Crippen molar-refractivity contribution in [2.45, 2.75) is 36.4 Å². The molecule has 150 valence electrons. The van der Waals surface area contributed by atoms with Gasteiger partial charge in [-0.05, 0) is 42.7 Å². The van der Waals surface area contributed by atoms with E-state index in [0.717, 1.165) is 30.7 Å². The van der Waals surface area contributed by atoms with Crippen molar-refractivity contribution in [1.29, 1.82) is 0 Å².